The topological polar surface area (TPSA) is 24.9 Å². The van der Waals surface area contributed by atoms with Crippen LogP contribution in [-0.2, 0) is 13.0 Å². The van der Waals surface area contributed by atoms with Crippen LogP contribution in [0.3, 0.4) is 0 Å². The lowest BCUT2D eigenvalue weighted by atomic mass is 10.0. The molecule has 0 aliphatic rings. The molecule has 0 saturated heterocycles. The van der Waals surface area contributed by atoms with Gasteiger partial charge in [0.15, 0.2) is 5.13 Å². The Morgan fingerprint density at radius 1 is 0.647 bits per heavy atom. The average Bonchev–Trinajstić information content (AvgIpc) is 3.22. The van der Waals surface area contributed by atoms with Crippen molar-refractivity contribution in [3.63, 3.8) is 0 Å². The Bertz CT molecular complexity index is 709. The van der Waals surface area contributed by atoms with Crippen molar-refractivity contribution in [1.29, 1.82) is 0 Å². The predicted molar refractivity (Wildman–Crippen MR) is 153 cm³/mol. The largest absolute Gasteiger partial charge is 0.357 e. The van der Waals surface area contributed by atoms with Crippen LogP contribution in [0.5, 0.6) is 0 Å². The number of hydrogen-bond acceptors (Lipinski definition) is 3. The molecule has 1 aromatic heterocycles. The number of rotatable bonds is 22. The third-order valence-electron chi connectivity index (χ3n) is 6.94. The molecule has 0 fully saturated rings. The second-order valence-electron chi connectivity index (χ2n) is 10.1. The number of benzene rings is 1. The van der Waals surface area contributed by atoms with E-state index in [1.807, 2.05) is 11.3 Å². The second-order valence-corrected chi connectivity index (χ2v) is 11.2. The number of hydrogen-bond donors (Lipinski definition) is 1. The van der Waals surface area contributed by atoms with Crippen LogP contribution in [-0.4, -0.2) is 4.98 Å². The first kappa shape index (κ1) is 28.9. The summed E-state index contributed by atoms with van der Waals surface area (Å²) in [7, 11) is 0. The molecule has 0 bridgehead atoms. The quantitative estimate of drug-likeness (QED) is 0.168. The van der Waals surface area contributed by atoms with E-state index in [-0.39, 0.29) is 0 Å². The first-order chi connectivity index (χ1) is 16.8. The minimum Gasteiger partial charge on any atom is -0.357 e. The van der Waals surface area contributed by atoms with Gasteiger partial charge < -0.3 is 5.32 Å². The first-order valence-electron chi connectivity index (χ1n) is 14.5. The molecule has 0 unspecified atom stereocenters. The van der Waals surface area contributed by atoms with Crippen LogP contribution in [0, 0.1) is 6.92 Å². The lowest BCUT2D eigenvalue weighted by Crippen LogP contribution is -1.98. The summed E-state index contributed by atoms with van der Waals surface area (Å²) in [5, 5.41) is 4.56. The molecule has 0 atom stereocenters. The molecule has 0 radical (unpaired) electrons. The maximum absolute atomic E-state index is 4.73. The van der Waals surface area contributed by atoms with E-state index in [0.717, 1.165) is 11.7 Å². The van der Waals surface area contributed by atoms with Gasteiger partial charge in [0, 0.05) is 11.4 Å². The fourth-order valence-electron chi connectivity index (χ4n) is 4.70. The molecule has 0 aliphatic heterocycles. The van der Waals surface area contributed by atoms with Gasteiger partial charge in [0.2, 0.25) is 0 Å². The molecule has 34 heavy (non-hydrogen) atoms. The van der Waals surface area contributed by atoms with Crippen molar-refractivity contribution in [3.8, 4) is 0 Å². The van der Waals surface area contributed by atoms with E-state index in [1.165, 1.54) is 138 Å². The van der Waals surface area contributed by atoms with Crippen LogP contribution in [0.1, 0.15) is 139 Å². The average molecular weight is 485 g/mol. The highest BCUT2D eigenvalue weighted by Gasteiger charge is 2.07. The van der Waals surface area contributed by atoms with E-state index in [1.54, 1.807) is 0 Å². The highest BCUT2D eigenvalue weighted by Crippen LogP contribution is 2.25. The maximum Gasteiger partial charge on any atom is 0.183 e. The van der Waals surface area contributed by atoms with Gasteiger partial charge in [-0.25, -0.2) is 4.98 Å². The van der Waals surface area contributed by atoms with Gasteiger partial charge in [-0.15, -0.1) is 11.3 Å². The Morgan fingerprint density at radius 3 is 1.62 bits per heavy atom. The molecule has 192 valence electrons. The van der Waals surface area contributed by atoms with Crippen molar-refractivity contribution in [2.45, 2.75) is 142 Å². The number of aryl methyl sites for hydroxylation is 2. The maximum atomic E-state index is 4.73. The fourth-order valence-corrected chi connectivity index (χ4v) is 5.70. The van der Waals surface area contributed by atoms with Crippen LogP contribution < -0.4 is 5.32 Å². The summed E-state index contributed by atoms with van der Waals surface area (Å²) < 4.78 is 0. The van der Waals surface area contributed by atoms with Crippen LogP contribution in [0.25, 0.3) is 0 Å². The Kier molecular flexibility index (Phi) is 16.9. The van der Waals surface area contributed by atoms with E-state index in [2.05, 4.69) is 49.5 Å². The molecule has 2 aromatic rings. The molecular weight excluding hydrogens is 432 g/mol. The molecule has 0 spiro atoms. The molecular formula is C31H52N2S. The van der Waals surface area contributed by atoms with Crippen molar-refractivity contribution in [2.24, 2.45) is 0 Å². The third-order valence-corrected chi connectivity index (χ3v) is 8.11. The lowest BCUT2D eigenvalue weighted by molar-refractivity contribution is 0.525. The minimum atomic E-state index is 0.854. The van der Waals surface area contributed by atoms with Gasteiger partial charge in [0.25, 0.3) is 0 Å². The summed E-state index contributed by atoms with van der Waals surface area (Å²) >= 11 is 1.85. The van der Waals surface area contributed by atoms with Gasteiger partial charge in [-0.1, -0.05) is 146 Å². The second kappa shape index (κ2) is 19.9. The van der Waals surface area contributed by atoms with Gasteiger partial charge in [-0.2, -0.15) is 0 Å². The van der Waals surface area contributed by atoms with Gasteiger partial charge in [-0.3, -0.25) is 0 Å². The van der Waals surface area contributed by atoms with Crippen molar-refractivity contribution < 1.29 is 0 Å². The highest BCUT2D eigenvalue weighted by molar-refractivity contribution is 7.15. The van der Waals surface area contributed by atoms with E-state index >= 15 is 0 Å². The predicted octanol–water partition coefficient (Wildman–Crippen LogP) is 10.6. The number of unbranched alkanes of at least 4 members (excludes halogenated alkanes) is 17. The van der Waals surface area contributed by atoms with Gasteiger partial charge in [-0.05, 0) is 25.3 Å². The fraction of sp³-hybridized carbons (Fsp3) is 0.710. The van der Waals surface area contributed by atoms with Crippen molar-refractivity contribution in [2.75, 3.05) is 5.32 Å². The van der Waals surface area contributed by atoms with Crippen molar-refractivity contribution in [1.82, 2.24) is 4.98 Å². The number of nitrogens with one attached hydrogen (secondary N) is 1. The van der Waals surface area contributed by atoms with Crippen LogP contribution >= 0.6 is 11.3 Å². The summed E-state index contributed by atoms with van der Waals surface area (Å²) in [6, 6.07) is 10.6. The molecule has 2 nitrogen and oxygen atoms in total. The lowest BCUT2D eigenvalue weighted by Gasteiger charge is -2.04. The highest BCUT2D eigenvalue weighted by atomic mass is 32.1. The zero-order valence-corrected chi connectivity index (χ0v) is 23.2. The van der Waals surface area contributed by atoms with Crippen LogP contribution in [0.15, 0.2) is 30.3 Å². The monoisotopic (exact) mass is 484 g/mol. The summed E-state index contributed by atoms with van der Waals surface area (Å²) in [4.78, 5) is 6.20. The minimum absolute atomic E-state index is 0.854. The van der Waals surface area contributed by atoms with Crippen molar-refractivity contribution in [3.05, 3.63) is 46.5 Å². The van der Waals surface area contributed by atoms with Gasteiger partial charge >= 0.3 is 0 Å². The zero-order valence-electron chi connectivity index (χ0n) is 22.4. The summed E-state index contributed by atoms with van der Waals surface area (Å²) in [5.41, 5.74) is 2.52. The smallest absolute Gasteiger partial charge is 0.183 e. The van der Waals surface area contributed by atoms with Gasteiger partial charge in [0.05, 0.1) is 5.69 Å². The van der Waals surface area contributed by atoms with E-state index < -0.39 is 0 Å². The molecule has 0 aliphatic carbocycles. The molecule has 2 rings (SSSR count). The molecule has 1 aromatic carbocycles. The van der Waals surface area contributed by atoms with Crippen LogP contribution in [0.4, 0.5) is 5.13 Å². The Balaban J connectivity index is 1.35. The SMILES string of the molecule is CCCCCCCCCCCCCCCCCCCCc1sc(NCc2ccccc2)nc1C. The molecule has 0 saturated carbocycles. The molecule has 1 heterocycles. The summed E-state index contributed by atoms with van der Waals surface area (Å²) in [6.07, 6.45) is 27.0. The van der Waals surface area contributed by atoms with E-state index in [9.17, 15) is 0 Å². The Morgan fingerprint density at radius 2 is 1.12 bits per heavy atom. The van der Waals surface area contributed by atoms with Crippen LogP contribution in [0.2, 0.25) is 0 Å². The first-order valence-corrected chi connectivity index (χ1v) is 15.4. The third kappa shape index (κ3) is 14.1. The summed E-state index contributed by atoms with van der Waals surface area (Å²) in [5.74, 6) is 0. The number of nitrogens with zero attached hydrogens (tertiary/aromatic N) is 1. The normalized spacial score (nSPS) is 11.2. The number of thiazole rings is 1. The zero-order chi connectivity index (χ0) is 24.1. The number of aromatic nitrogens is 1. The molecule has 3 heteroatoms. The molecule has 0 amide bonds. The van der Waals surface area contributed by atoms with Gasteiger partial charge in [0.1, 0.15) is 0 Å². The number of anilines is 1. The standard InChI is InChI=1S/C31H52N2S/c1-3-4-5-6-7-8-9-10-11-12-13-14-15-16-17-18-19-23-26-30-28(2)33-31(34-30)32-27-29-24-21-20-22-25-29/h20-22,24-25H,3-19,23,26-27H2,1-2H3,(H,32,33). The Labute approximate surface area is 215 Å². The van der Waals surface area contributed by atoms with E-state index in [0.29, 0.717) is 0 Å². The molecule has 1 N–H and O–H groups in total. The van der Waals surface area contributed by atoms with E-state index in [4.69, 9.17) is 4.98 Å². The Hall–Kier alpha value is -1.35. The summed E-state index contributed by atoms with van der Waals surface area (Å²) in [6.45, 7) is 5.31. The van der Waals surface area contributed by atoms with Crippen molar-refractivity contribution >= 4 is 16.5 Å².